The highest BCUT2D eigenvalue weighted by molar-refractivity contribution is 9.10. The van der Waals surface area contributed by atoms with Crippen molar-refractivity contribution < 1.29 is 4.79 Å². The molecule has 0 aliphatic rings. The monoisotopic (exact) mass is 261 g/mol. The lowest BCUT2D eigenvalue weighted by atomic mass is 10.5. The van der Waals surface area contributed by atoms with E-state index in [2.05, 4.69) is 26.2 Å². The summed E-state index contributed by atoms with van der Waals surface area (Å²) in [7, 11) is 1.47. The third kappa shape index (κ3) is 2.32. The molecule has 14 heavy (non-hydrogen) atoms. The number of amides is 1. The number of rotatable bonds is 2. The van der Waals surface area contributed by atoms with Crippen molar-refractivity contribution in [1.82, 2.24) is 14.9 Å². The third-order valence-electron chi connectivity index (χ3n) is 1.56. The fourth-order valence-corrected chi connectivity index (χ4v) is 1.18. The number of likely N-dealkylation sites (N-methyl/N-ethyl adjacent to an activating group) is 1. The molecule has 0 aliphatic heterocycles. The highest BCUT2D eigenvalue weighted by atomic mass is 79.9. The van der Waals surface area contributed by atoms with Crippen LogP contribution in [0.3, 0.4) is 0 Å². The fraction of sp³-hybridized carbons (Fsp3) is 0.286. The number of carbonyl (C=O) groups excluding carboxylic acids is 1. The molecule has 0 spiro atoms. The minimum atomic E-state index is -0.609. The first-order valence-corrected chi connectivity index (χ1v) is 4.53. The van der Waals surface area contributed by atoms with Gasteiger partial charge in [-0.25, -0.2) is 4.79 Å². The van der Waals surface area contributed by atoms with E-state index in [1.54, 1.807) is 0 Å². The zero-order chi connectivity index (χ0) is 10.7. The van der Waals surface area contributed by atoms with Crippen LogP contribution in [-0.2, 0) is 11.3 Å². The Hall–Kier alpha value is -1.37. The quantitative estimate of drug-likeness (QED) is 0.720. The van der Waals surface area contributed by atoms with Gasteiger partial charge in [0, 0.05) is 13.2 Å². The van der Waals surface area contributed by atoms with Crippen molar-refractivity contribution in [3.63, 3.8) is 0 Å². The first-order chi connectivity index (χ1) is 6.54. The Bertz CT molecular complexity index is 462. The number of H-pyrrole nitrogens is 1. The van der Waals surface area contributed by atoms with Crippen molar-refractivity contribution in [2.24, 2.45) is 0 Å². The van der Waals surface area contributed by atoms with Crippen LogP contribution >= 0.6 is 15.9 Å². The number of aromatic nitrogens is 2. The Morgan fingerprint density at radius 2 is 2.29 bits per heavy atom. The van der Waals surface area contributed by atoms with E-state index in [4.69, 9.17) is 0 Å². The maximum atomic E-state index is 11.2. The summed E-state index contributed by atoms with van der Waals surface area (Å²) >= 11 is 2.96. The molecule has 0 bridgehead atoms. The van der Waals surface area contributed by atoms with Crippen LogP contribution < -0.4 is 16.6 Å². The van der Waals surface area contributed by atoms with Gasteiger partial charge in [0.15, 0.2) is 0 Å². The van der Waals surface area contributed by atoms with Crippen LogP contribution in [-0.4, -0.2) is 22.5 Å². The number of nitrogens with one attached hydrogen (secondary N) is 2. The molecule has 1 aromatic heterocycles. The molecule has 0 aliphatic carbocycles. The van der Waals surface area contributed by atoms with Crippen LogP contribution in [0.15, 0.2) is 20.3 Å². The second-order valence-corrected chi connectivity index (χ2v) is 3.39. The maximum Gasteiger partial charge on any atom is 0.328 e. The summed E-state index contributed by atoms with van der Waals surface area (Å²) in [6, 6.07) is 0. The van der Waals surface area contributed by atoms with Gasteiger partial charge in [0.25, 0.3) is 5.56 Å². The zero-order valence-corrected chi connectivity index (χ0v) is 8.92. The molecule has 76 valence electrons. The van der Waals surface area contributed by atoms with Gasteiger partial charge in [-0.1, -0.05) is 0 Å². The normalized spacial score (nSPS) is 9.86. The number of nitrogens with zero attached hydrogens (tertiary/aromatic N) is 1. The highest BCUT2D eigenvalue weighted by Gasteiger charge is 2.04. The molecule has 1 aromatic rings. The first kappa shape index (κ1) is 10.7. The van der Waals surface area contributed by atoms with E-state index >= 15 is 0 Å². The highest BCUT2D eigenvalue weighted by Crippen LogP contribution is 1.97. The molecule has 0 atom stereocenters. The average molecular weight is 262 g/mol. The molecule has 0 saturated heterocycles. The minimum absolute atomic E-state index is 0.120. The molecule has 7 heteroatoms. The van der Waals surface area contributed by atoms with Crippen molar-refractivity contribution in [1.29, 1.82) is 0 Å². The molecule has 1 amide bonds. The predicted molar refractivity (Wildman–Crippen MR) is 53.1 cm³/mol. The lowest BCUT2D eigenvalue weighted by Crippen LogP contribution is -2.34. The molecule has 2 N–H and O–H groups in total. The lowest BCUT2D eigenvalue weighted by molar-refractivity contribution is -0.121. The minimum Gasteiger partial charge on any atom is -0.358 e. The molecule has 0 fully saturated rings. The van der Waals surface area contributed by atoms with Gasteiger partial charge in [-0.2, -0.15) is 0 Å². The topological polar surface area (TPSA) is 84.0 Å². The van der Waals surface area contributed by atoms with Gasteiger partial charge in [0.1, 0.15) is 6.54 Å². The van der Waals surface area contributed by atoms with Crippen LogP contribution in [0.5, 0.6) is 0 Å². The predicted octanol–water partition coefficient (Wildman–Crippen LogP) is -0.955. The average Bonchev–Trinajstić information content (AvgIpc) is 2.14. The summed E-state index contributed by atoms with van der Waals surface area (Å²) < 4.78 is 1.31. The summed E-state index contributed by atoms with van der Waals surface area (Å²) in [6.07, 6.45) is 1.27. The van der Waals surface area contributed by atoms with E-state index in [0.717, 1.165) is 4.57 Å². The zero-order valence-electron chi connectivity index (χ0n) is 7.33. The first-order valence-electron chi connectivity index (χ1n) is 3.74. The molecular weight excluding hydrogens is 254 g/mol. The molecule has 0 unspecified atom stereocenters. The number of hydrogen-bond donors (Lipinski definition) is 2. The second-order valence-electron chi connectivity index (χ2n) is 2.54. The fourth-order valence-electron chi connectivity index (χ4n) is 0.834. The third-order valence-corrected chi connectivity index (χ3v) is 2.13. The summed E-state index contributed by atoms with van der Waals surface area (Å²) in [5, 5.41) is 2.37. The van der Waals surface area contributed by atoms with Gasteiger partial charge in [0.05, 0.1) is 4.47 Å². The maximum absolute atomic E-state index is 11.2. The van der Waals surface area contributed by atoms with Crippen molar-refractivity contribution >= 4 is 21.8 Å². The van der Waals surface area contributed by atoms with Gasteiger partial charge < -0.3 is 5.32 Å². The smallest absolute Gasteiger partial charge is 0.328 e. The van der Waals surface area contributed by atoms with Gasteiger partial charge in [-0.15, -0.1) is 0 Å². The molecule has 0 radical (unpaired) electrons. The molecule has 0 saturated carbocycles. The Morgan fingerprint density at radius 1 is 1.64 bits per heavy atom. The van der Waals surface area contributed by atoms with Gasteiger partial charge >= 0.3 is 5.69 Å². The standard InChI is InChI=1S/C7H8BrN3O3/c1-9-5(12)3-11-2-4(8)6(13)10-7(11)14/h2H,3H2,1H3,(H,9,12)(H,10,13,14). The lowest BCUT2D eigenvalue weighted by Gasteiger charge is -2.03. The second kappa shape index (κ2) is 4.23. The Kier molecular flexibility index (Phi) is 3.23. The molecule has 1 rings (SSSR count). The van der Waals surface area contributed by atoms with Crippen LogP contribution in [0.25, 0.3) is 0 Å². The van der Waals surface area contributed by atoms with Gasteiger partial charge in [-0.3, -0.25) is 19.1 Å². The largest absolute Gasteiger partial charge is 0.358 e. The van der Waals surface area contributed by atoms with Gasteiger partial charge in [-0.05, 0) is 15.9 Å². The van der Waals surface area contributed by atoms with Crippen molar-refractivity contribution in [2.75, 3.05) is 7.05 Å². The van der Waals surface area contributed by atoms with E-state index in [1.165, 1.54) is 13.2 Å². The number of carbonyl (C=O) groups is 1. The molecule has 6 nitrogen and oxygen atoms in total. The number of halogens is 1. The van der Waals surface area contributed by atoms with Crippen molar-refractivity contribution in [3.05, 3.63) is 31.5 Å². The van der Waals surface area contributed by atoms with E-state index < -0.39 is 11.2 Å². The van der Waals surface area contributed by atoms with Crippen molar-refractivity contribution in [3.8, 4) is 0 Å². The van der Waals surface area contributed by atoms with E-state index in [1.807, 2.05) is 0 Å². The Labute approximate surface area is 87.1 Å². The summed E-state index contributed by atoms with van der Waals surface area (Å²) in [4.78, 5) is 35.1. The van der Waals surface area contributed by atoms with Gasteiger partial charge in [0.2, 0.25) is 5.91 Å². The van der Waals surface area contributed by atoms with Crippen LogP contribution in [0.1, 0.15) is 0 Å². The molecule has 0 aromatic carbocycles. The Balaban J connectivity index is 3.11. The number of aromatic amines is 1. The summed E-state index contributed by atoms with van der Waals surface area (Å²) in [5.74, 6) is -0.314. The van der Waals surface area contributed by atoms with Crippen molar-refractivity contribution in [2.45, 2.75) is 6.54 Å². The molecule has 1 heterocycles. The van der Waals surface area contributed by atoms with Crippen LogP contribution in [0.2, 0.25) is 0 Å². The number of hydrogen-bond acceptors (Lipinski definition) is 3. The summed E-state index contributed by atoms with van der Waals surface area (Å²) in [5.41, 5.74) is -1.12. The Morgan fingerprint density at radius 3 is 2.86 bits per heavy atom. The SMILES string of the molecule is CNC(=O)Cn1cc(Br)c(=O)[nH]c1=O. The summed E-state index contributed by atoms with van der Waals surface area (Å²) in [6.45, 7) is -0.120. The van der Waals surface area contributed by atoms with Crippen LogP contribution in [0, 0.1) is 0 Å². The van der Waals surface area contributed by atoms with E-state index in [-0.39, 0.29) is 16.9 Å². The van der Waals surface area contributed by atoms with Crippen LogP contribution in [0.4, 0.5) is 0 Å². The van der Waals surface area contributed by atoms with E-state index in [9.17, 15) is 14.4 Å². The molecular formula is C7H8BrN3O3. The van der Waals surface area contributed by atoms with E-state index in [0.29, 0.717) is 0 Å².